The lowest BCUT2D eigenvalue weighted by atomic mass is 9.93. The third kappa shape index (κ3) is 3.78. The Balaban J connectivity index is 1.79. The van der Waals surface area contributed by atoms with E-state index in [2.05, 4.69) is 0 Å². The molecule has 1 aliphatic heterocycles. The van der Waals surface area contributed by atoms with Gasteiger partial charge in [-0.05, 0) is 41.1 Å². The van der Waals surface area contributed by atoms with Crippen molar-refractivity contribution in [1.82, 2.24) is 4.90 Å². The number of hydrogen-bond acceptors (Lipinski definition) is 3. The van der Waals surface area contributed by atoms with Crippen LogP contribution in [-0.4, -0.2) is 22.2 Å². The predicted molar refractivity (Wildman–Crippen MR) is 119 cm³/mol. The number of carbonyl (C=O) groups is 1. The molecule has 0 unspecified atom stereocenters. The van der Waals surface area contributed by atoms with Gasteiger partial charge in [0.25, 0.3) is 5.91 Å². The number of hydrogen-bond donors (Lipinski definition) is 1. The molecule has 1 N–H and O–H groups in total. The normalized spacial score (nSPS) is 16.6. The van der Waals surface area contributed by atoms with Gasteiger partial charge in [-0.3, -0.25) is 4.79 Å². The maximum Gasteiger partial charge on any atom is 0.290 e. The zero-order valence-corrected chi connectivity index (χ0v) is 17.5. The minimum Gasteiger partial charge on any atom is -0.503 e. The van der Waals surface area contributed by atoms with Crippen LogP contribution in [0.4, 0.5) is 0 Å². The molecule has 29 heavy (non-hydrogen) atoms. The van der Waals surface area contributed by atoms with Crippen LogP contribution < -0.4 is 0 Å². The molecule has 3 aromatic rings. The van der Waals surface area contributed by atoms with E-state index in [-0.39, 0.29) is 11.7 Å². The Morgan fingerprint density at radius 1 is 0.966 bits per heavy atom. The average molecular weight is 422 g/mol. The SMILES string of the molecule is CSc1ccc(CN2C(=O)C(O)=C(c3ccccc3)[C@@H]2c2ccccc2Cl)cc1. The van der Waals surface area contributed by atoms with E-state index in [1.807, 2.05) is 85.1 Å². The van der Waals surface area contributed by atoms with Gasteiger partial charge in [-0.1, -0.05) is 72.3 Å². The molecular formula is C24H20ClNO2S. The van der Waals surface area contributed by atoms with Crippen molar-refractivity contribution >= 4 is 34.8 Å². The molecule has 0 spiro atoms. The number of halogens is 1. The van der Waals surface area contributed by atoms with E-state index in [9.17, 15) is 9.90 Å². The standard InChI is InChI=1S/C24H20ClNO2S/c1-29-18-13-11-16(12-14-18)15-26-22(19-9-5-6-10-20(19)25)21(23(27)24(26)28)17-7-3-2-4-8-17/h2-14,22,27H,15H2,1H3/t22-/m0/s1. The second kappa shape index (κ2) is 8.36. The Hall–Kier alpha value is -2.69. The van der Waals surface area contributed by atoms with Gasteiger partial charge in [-0.2, -0.15) is 0 Å². The molecule has 146 valence electrons. The summed E-state index contributed by atoms with van der Waals surface area (Å²) in [6.45, 7) is 0.379. The molecule has 0 radical (unpaired) electrons. The van der Waals surface area contributed by atoms with Crippen molar-refractivity contribution in [2.45, 2.75) is 17.5 Å². The number of carbonyl (C=O) groups excluding carboxylic acids is 1. The largest absolute Gasteiger partial charge is 0.503 e. The number of benzene rings is 3. The highest BCUT2D eigenvalue weighted by molar-refractivity contribution is 7.98. The summed E-state index contributed by atoms with van der Waals surface area (Å²) in [6.07, 6.45) is 2.03. The molecule has 0 saturated heterocycles. The fraction of sp³-hybridized carbons (Fsp3) is 0.125. The van der Waals surface area contributed by atoms with Crippen molar-refractivity contribution in [3.05, 3.63) is 106 Å². The summed E-state index contributed by atoms with van der Waals surface area (Å²) in [7, 11) is 0. The fourth-order valence-electron chi connectivity index (χ4n) is 3.68. The van der Waals surface area contributed by atoms with Crippen LogP contribution in [0.5, 0.6) is 0 Å². The van der Waals surface area contributed by atoms with Crippen molar-refractivity contribution in [2.75, 3.05) is 6.26 Å². The summed E-state index contributed by atoms with van der Waals surface area (Å²) in [4.78, 5) is 15.9. The van der Waals surface area contributed by atoms with Gasteiger partial charge in [0.15, 0.2) is 5.76 Å². The zero-order chi connectivity index (χ0) is 20.4. The van der Waals surface area contributed by atoms with Gasteiger partial charge < -0.3 is 10.0 Å². The molecule has 0 bridgehead atoms. The second-order valence-electron chi connectivity index (χ2n) is 6.83. The quantitative estimate of drug-likeness (QED) is 0.505. The minimum absolute atomic E-state index is 0.221. The van der Waals surface area contributed by atoms with Gasteiger partial charge in [0.1, 0.15) is 0 Å². The van der Waals surface area contributed by atoms with E-state index >= 15 is 0 Å². The van der Waals surface area contributed by atoms with Gasteiger partial charge in [0.05, 0.1) is 6.04 Å². The molecule has 4 rings (SSSR count). The smallest absolute Gasteiger partial charge is 0.290 e. The zero-order valence-electron chi connectivity index (χ0n) is 15.9. The lowest BCUT2D eigenvalue weighted by Crippen LogP contribution is -2.30. The number of thioether (sulfide) groups is 1. The first kappa shape index (κ1) is 19.6. The van der Waals surface area contributed by atoms with Crippen LogP contribution in [0.25, 0.3) is 5.57 Å². The van der Waals surface area contributed by atoms with E-state index in [0.717, 1.165) is 21.6 Å². The van der Waals surface area contributed by atoms with Crippen molar-refractivity contribution < 1.29 is 9.90 Å². The molecule has 1 aliphatic rings. The molecule has 1 amide bonds. The van der Waals surface area contributed by atoms with Crippen LogP contribution in [0.1, 0.15) is 22.7 Å². The van der Waals surface area contributed by atoms with Crippen molar-refractivity contribution in [3.8, 4) is 0 Å². The molecule has 0 aliphatic carbocycles. The highest BCUT2D eigenvalue weighted by atomic mass is 35.5. The van der Waals surface area contributed by atoms with Crippen LogP contribution in [0.3, 0.4) is 0 Å². The lowest BCUT2D eigenvalue weighted by Gasteiger charge is -2.28. The predicted octanol–water partition coefficient (Wildman–Crippen LogP) is 6.11. The third-order valence-corrected chi connectivity index (χ3v) is 6.19. The summed E-state index contributed by atoms with van der Waals surface area (Å²) >= 11 is 8.19. The molecule has 0 aromatic heterocycles. The van der Waals surface area contributed by atoms with E-state index in [4.69, 9.17) is 11.6 Å². The summed E-state index contributed by atoms with van der Waals surface area (Å²) in [5.74, 6) is -0.607. The van der Waals surface area contributed by atoms with E-state index in [1.54, 1.807) is 16.7 Å². The Labute approximate surface area is 179 Å². The van der Waals surface area contributed by atoms with Crippen LogP contribution in [0.15, 0.2) is 89.5 Å². The van der Waals surface area contributed by atoms with Crippen molar-refractivity contribution in [1.29, 1.82) is 0 Å². The minimum atomic E-state index is -0.459. The Morgan fingerprint density at radius 2 is 1.62 bits per heavy atom. The summed E-state index contributed by atoms with van der Waals surface area (Å²) < 4.78 is 0. The van der Waals surface area contributed by atoms with E-state index in [1.165, 1.54) is 0 Å². The van der Waals surface area contributed by atoms with Crippen LogP contribution in [-0.2, 0) is 11.3 Å². The molecule has 3 aromatic carbocycles. The maximum absolute atomic E-state index is 13.1. The fourth-order valence-corrected chi connectivity index (χ4v) is 4.32. The second-order valence-corrected chi connectivity index (χ2v) is 8.12. The number of aliphatic hydroxyl groups excluding tert-OH is 1. The van der Waals surface area contributed by atoms with Crippen LogP contribution in [0, 0.1) is 0 Å². The highest BCUT2D eigenvalue weighted by Gasteiger charge is 2.41. The molecule has 0 fully saturated rings. The van der Waals surface area contributed by atoms with Gasteiger partial charge in [-0.25, -0.2) is 0 Å². The van der Waals surface area contributed by atoms with Gasteiger partial charge in [0, 0.05) is 22.0 Å². The van der Waals surface area contributed by atoms with Crippen LogP contribution >= 0.6 is 23.4 Å². The first-order chi connectivity index (χ1) is 14.1. The Morgan fingerprint density at radius 3 is 2.28 bits per heavy atom. The molecule has 5 heteroatoms. The highest BCUT2D eigenvalue weighted by Crippen LogP contribution is 2.45. The van der Waals surface area contributed by atoms with Crippen LogP contribution in [0.2, 0.25) is 5.02 Å². The van der Waals surface area contributed by atoms with Gasteiger partial charge in [-0.15, -0.1) is 11.8 Å². The molecule has 0 saturated carbocycles. The lowest BCUT2D eigenvalue weighted by molar-refractivity contribution is -0.130. The molecular weight excluding hydrogens is 402 g/mol. The van der Waals surface area contributed by atoms with E-state index in [0.29, 0.717) is 17.1 Å². The van der Waals surface area contributed by atoms with Crippen molar-refractivity contribution in [3.63, 3.8) is 0 Å². The van der Waals surface area contributed by atoms with Crippen molar-refractivity contribution in [2.24, 2.45) is 0 Å². The van der Waals surface area contributed by atoms with E-state index < -0.39 is 6.04 Å². The topological polar surface area (TPSA) is 40.5 Å². The van der Waals surface area contributed by atoms with Gasteiger partial charge >= 0.3 is 0 Å². The third-order valence-electron chi connectivity index (χ3n) is 5.10. The molecule has 1 heterocycles. The number of nitrogens with zero attached hydrogens (tertiary/aromatic N) is 1. The molecule has 3 nitrogen and oxygen atoms in total. The monoisotopic (exact) mass is 421 g/mol. The first-order valence-electron chi connectivity index (χ1n) is 9.27. The summed E-state index contributed by atoms with van der Waals surface area (Å²) in [6, 6.07) is 24.6. The Bertz CT molecular complexity index is 1060. The summed E-state index contributed by atoms with van der Waals surface area (Å²) in [5, 5.41) is 11.4. The number of rotatable bonds is 5. The average Bonchev–Trinajstić information content (AvgIpc) is 3.00. The number of amides is 1. The maximum atomic E-state index is 13.1. The summed E-state index contributed by atoms with van der Waals surface area (Å²) in [5.41, 5.74) is 3.19. The Kier molecular flexibility index (Phi) is 5.65. The molecule has 1 atom stereocenters. The van der Waals surface area contributed by atoms with Gasteiger partial charge in [0.2, 0.25) is 0 Å². The first-order valence-corrected chi connectivity index (χ1v) is 10.9. The number of aliphatic hydroxyl groups is 1.